The second-order valence-electron chi connectivity index (χ2n) is 7.90. The molecule has 1 heterocycles. The first-order valence-corrected chi connectivity index (χ1v) is 10.0. The summed E-state index contributed by atoms with van der Waals surface area (Å²) in [7, 11) is 0. The molecule has 0 bridgehead atoms. The second kappa shape index (κ2) is 10.9. The van der Waals surface area contributed by atoms with Crippen LogP contribution in [0, 0.1) is 5.92 Å². The Balaban J connectivity index is 2.32. The molecule has 1 saturated heterocycles. The Kier molecular flexibility index (Phi) is 8.72. The molecule has 1 aromatic carbocycles. The van der Waals surface area contributed by atoms with E-state index in [1.165, 1.54) is 12.1 Å². The minimum atomic E-state index is -4.71. The molecule has 1 fully saturated rings. The van der Waals surface area contributed by atoms with Crippen LogP contribution >= 0.6 is 0 Å². The van der Waals surface area contributed by atoms with Crippen molar-refractivity contribution >= 4 is 29.1 Å². The molecule has 1 aliphatic heterocycles. The van der Waals surface area contributed by atoms with Gasteiger partial charge in [-0.1, -0.05) is 13.8 Å². The number of nitrogens with zero attached hydrogens (tertiary/aromatic N) is 2. The van der Waals surface area contributed by atoms with Crippen molar-refractivity contribution in [2.24, 2.45) is 11.7 Å². The maximum Gasteiger partial charge on any atom is 0.401 e. The minimum absolute atomic E-state index is 0.0512. The van der Waals surface area contributed by atoms with Crippen molar-refractivity contribution in [3.05, 3.63) is 23.8 Å². The normalized spacial score (nSPS) is 15.9. The number of carbonyl (C=O) groups is 3. The predicted octanol–water partition coefficient (Wildman–Crippen LogP) is 2.30. The third-order valence-electron chi connectivity index (χ3n) is 4.67. The number of hydrogen-bond acceptors (Lipinski definition) is 5. The smallest absolute Gasteiger partial charge is 0.370 e. The monoisotopic (exact) mass is 480 g/mol. The van der Waals surface area contributed by atoms with Gasteiger partial charge in [0.15, 0.2) is 6.04 Å². The number of benzene rings is 1. The molecule has 0 saturated carbocycles. The second-order valence-corrected chi connectivity index (χ2v) is 7.90. The van der Waals surface area contributed by atoms with Gasteiger partial charge in [0.2, 0.25) is 5.91 Å². The molecule has 3 amide bonds. The van der Waals surface area contributed by atoms with Crippen molar-refractivity contribution in [2.45, 2.75) is 32.5 Å². The maximum atomic E-state index is 13.7. The molecule has 2 rings (SSSR count). The van der Waals surface area contributed by atoms with Crippen molar-refractivity contribution in [3.63, 3.8) is 0 Å². The molecule has 0 unspecified atom stereocenters. The molecule has 1 atom stereocenters. The fourth-order valence-electron chi connectivity index (χ4n) is 3.47. The van der Waals surface area contributed by atoms with Crippen molar-refractivity contribution in [3.8, 4) is 0 Å². The Bertz CT molecular complexity index is 879. The van der Waals surface area contributed by atoms with E-state index in [4.69, 9.17) is 10.5 Å². The SMILES string of the molecule is CC(C)CN(CC(F)(F)F)[C@@H](C(N)=O)C(=O)Nc1ccc(N2CCOCC2=O)c(C(F)F)c1. The molecule has 13 heteroatoms. The Morgan fingerprint density at radius 3 is 2.45 bits per heavy atom. The summed E-state index contributed by atoms with van der Waals surface area (Å²) in [6, 6.07) is 1.30. The summed E-state index contributed by atoms with van der Waals surface area (Å²) in [5.74, 6) is -3.37. The Hall–Kier alpha value is -2.80. The van der Waals surface area contributed by atoms with Crippen LogP contribution in [-0.2, 0) is 19.1 Å². The van der Waals surface area contributed by atoms with Crippen LogP contribution in [-0.4, -0.2) is 67.7 Å². The zero-order valence-corrected chi connectivity index (χ0v) is 18.0. The third kappa shape index (κ3) is 7.35. The van der Waals surface area contributed by atoms with Gasteiger partial charge >= 0.3 is 6.18 Å². The Labute approximate surface area is 186 Å². The quantitative estimate of drug-likeness (QED) is 0.417. The number of ether oxygens (including phenoxy) is 1. The van der Waals surface area contributed by atoms with E-state index in [0.29, 0.717) is 4.90 Å². The lowest BCUT2D eigenvalue weighted by Gasteiger charge is -2.31. The van der Waals surface area contributed by atoms with E-state index in [9.17, 15) is 36.3 Å². The summed E-state index contributed by atoms with van der Waals surface area (Å²) in [5.41, 5.74) is 4.37. The van der Waals surface area contributed by atoms with Crippen LogP contribution in [0.1, 0.15) is 25.8 Å². The fraction of sp³-hybridized carbons (Fsp3) is 0.550. The third-order valence-corrected chi connectivity index (χ3v) is 4.67. The highest BCUT2D eigenvalue weighted by Crippen LogP contribution is 2.33. The molecule has 184 valence electrons. The summed E-state index contributed by atoms with van der Waals surface area (Å²) in [4.78, 5) is 38.3. The van der Waals surface area contributed by atoms with Crippen molar-refractivity contribution in [1.82, 2.24) is 4.90 Å². The molecular weight excluding hydrogens is 455 g/mol. The lowest BCUT2D eigenvalue weighted by molar-refractivity contribution is -0.158. The van der Waals surface area contributed by atoms with E-state index in [1.54, 1.807) is 13.8 Å². The Morgan fingerprint density at radius 2 is 1.94 bits per heavy atom. The van der Waals surface area contributed by atoms with E-state index >= 15 is 0 Å². The summed E-state index contributed by atoms with van der Waals surface area (Å²) in [6.07, 6.45) is -7.74. The van der Waals surface area contributed by atoms with Gasteiger partial charge in [0.1, 0.15) is 6.61 Å². The van der Waals surface area contributed by atoms with E-state index in [1.807, 2.05) is 0 Å². The van der Waals surface area contributed by atoms with Gasteiger partial charge in [-0.15, -0.1) is 0 Å². The number of halogens is 5. The molecule has 1 aliphatic rings. The number of primary amides is 1. The molecule has 0 aromatic heterocycles. The van der Waals surface area contributed by atoms with Crippen LogP contribution in [0.15, 0.2) is 18.2 Å². The minimum Gasteiger partial charge on any atom is -0.370 e. The number of nitrogens with one attached hydrogen (secondary N) is 1. The number of nitrogens with two attached hydrogens (primary N) is 1. The lowest BCUT2D eigenvalue weighted by Crippen LogP contribution is -2.55. The number of amides is 3. The van der Waals surface area contributed by atoms with Gasteiger partial charge in [0.25, 0.3) is 18.2 Å². The zero-order valence-electron chi connectivity index (χ0n) is 18.0. The average Bonchev–Trinajstić information content (AvgIpc) is 2.66. The topological polar surface area (TPSA) is 105 Å². The highest BCUT2D eigenvalue weighted by molar-refractivity contribution is 6.09. The highest BCUT2D eigenvalue weighted by atomic mass is 19.4. The predicted molar refractivity (Wildman–Crippen MR) is 109 cm³/mol. The standard InChI is InChI=1S/C20H25F5N4O4/c1-11(2)8-28(10-20(23,24)25)16(18(26)31)19(32)27-12-3-4-14(13(7-12)17(21)22)29-5-6-33-9-15(29)30/h3-4,7,11,16-17H,5-6,8-10H2,1-2H3,(H2,26,31)(H,27,32)/t16-/m0/s1. The van der Waals surface area contributed by atoms with Gasteiger partial charge in [0.05, 0.1) is 18.8 Å². The van der Waals surface area contributed by atoms with Gasteiger partial charge in [-0.3, -0.25) is 19.3 Å². The van der Waals surface area contributed by atoms with Gasteiger partial charge in [-0.2, -0.15) is 13.2 Å². The van der Waals surface area contributed by atoms with Crippen LogP contribution in [0.2, 0.25) is 0 Å². The maximum absolute atomic E-state index is 13.7. The first-order valence-electron chi connectivity index (χ1n) is 10.0. The van der Waals surface area contributed by atoms with Gasteiger partial charge in [0, 0.05) is 24.3 Å². The van der Waals surface area contributed by atoms with Gasteiger partial charge in [-0.25, -0.2) is 8.78 Å². The molecular formula is C20H25F5N4O4. The number of alkyl halides is 5. The van der Waals surface area contributed by atoms with Crippen molar-refractivity contribution in [2.75, 3.05) is 43.1 Å². The molecule has 0 radical (unpaired) electrons. The fourth-order valence-corrected chi connectivity index (χ4v) is 3.47. The van der Waals surface area contributed by atoms with Crippen molar-refractivity contribution in [1.29, 1.82) is 0 Å². The van der Waals surface area contributed by atoms with Crippen molar-refractivity contribution < 1.29 is 41.1 Å². The van der Waals surface area contributed by atoms with Crippen LogP contribution < -0.4 is 16.0 Å². The van der Waals surface area contributed by atoms with E-state index in [2.05, 4.69) is 5.32 Å². The molecule has 0 spiro atoms. The highest BCUT2D eigenvalue weighted by Gasteiger charge is 2.39. The molecule has 33 heavy (non-hydrogen) atoms. The Morgan fingerprint density at radius 1 is 1.27 bits per heavy atom. The molecule has 8 nitrogen and oxygen atoms in total. The summed E-state index contributed by atoms with van der Waals surface area (Å²) in [6.45, 7) is 1.30. The van der Waals surface area contributed by atoms with E-state index < -0.39 is 48.5 Å². The number of rotatable bonds is 9. The van der Waals surface area contributed by atoms with E-state index in [0.717, 1.165) is 11.0 Å². The summed E-state index contributed by atoms with van der Waals surface area (Å²) in [5, 5.41) is 2.19. The zero-order chi connectivity index (χ0) is 24.9. The van der Waals surface area contributed by atoms with Gasteiger partial charge in [-0.05, 0) is 24.1 Å². The van der Waals surface area contributed by atoms with Gasteiger partial charge < -0.3 is 20.7 Å². The van der Waals surface area contributed by atoms with Crippen LogP contribution in [0.5, 0.6) is 0 Å². The first-order chi connectivity index (χ1) is 15.3. The van der Waals surface area contributed by atoms with Crippen LogP contribution in [0.4, 0.5) is 33.3 Å². The summed E-state index contributed by atoms with van der Waals surface area (Å²) >= 11 is 0. The lowest BCUT2D eigenvalue weighted by atomic mass is 10.1. The first kappa shape index (κ1) is 26.5. The molecule has 1 aromatic rings. The largest absolute Gasteiger partial charge is 0.401 e. The molecule has 3 N–H and O–H groups in total. The van der Waals surface area contributed by atoms with Crippen LogP contribution in [0.25, 0.3) is 0 Å². The number of hydrogen-bond donors (Lipinski definition) is 2. The van der Waals surface area contributed by atoms with Crippen LogP contribution in [0.3, 0.4) is 0 Å². The molecule has 0 aliphatic carbocycles. The number of anilines is 2. The van der Waals surface area contributed by atoms with E-state index in [-0.39, 0.29) is 43.6 Å². The summed E-state index contributed by atoms with van der Waals surface area (Å²) < 4.78 is 71.4. The number of morpholine rings is 1. The average molecular weight is 480 g/mol. The number of carbonyl (C=O) groups excluding carboxylic acids is 3.